The van der Waals surface area contributed by atoms with E-state index in [0.717, 1.165) is 11.1 Å². The SMILES string of the molecule is CC1=C(C(=O)c2ccc(Cl)cc2)C(c2ccccc2C)NC(=O)N1. The minimum atomic E-state index is -0.483. The molecule has 2 aromatic rings. The number of amides is 2. The summed E-state index contributed by atoms with van der Waals surface area (Å²) in [6.07, 6.45) is 0. The third kappa shape index (κ3) is 3.05. The first-order valence-electron chi connectivity index (χ1n) is 7.61. The molecule has 0 aromatic heterocycles. The van der Waals surface area contributed by atoms with Gasteiger partial charge in [-0.05, 0) is 49.2 Å². The summed E-state index contributed by atoms with van der Waals surface area (Å²) in [5.74, 6) is -0.134. The Labute approximate surface area is 145 Å². The predicted molar refractivity (Wildman–Crippen MR) is 94.1 cm³/mol. The molecule has 0 fully saturated rings. The number of allylic oxidation sites excluding steroid dienone is 1. The van der Waals surface area contributed by atoms with Gasteiger partial charge in [0.05, 0.1) is 6.04 Å². The van der Waals surface area contributed by atoms with Crippen LogP contribution in [0.1, 0.15) is 34.5 Å². The largest absolute Gasteiger partial charge is 0.327 e. The van der Waals surface area contributed by atoms with Gasteiger partial charge in [-0.2, -0.15) is 0 Å². The van der Waals surface area contributed by atoms with E-state index in [2.05, 4.69) is 10.6 Å². The van der Waals surface area contributed by atoms with Crippen molar-refractivity contribution in [3.05, 3.63) is 81.5 Å². The predicted octanol–water partition coefficient (Wildman–Crippen LogP) is 4.16. The van der Waals surface area contributed by atoms with E-state index < -0.39 is 6.04 Å². The molecule has 1 atom stereocenters. The van der Waals surface area contributed by atoms with E-state index in [1.807, 2.05) is 31.2 Å². The highest BCUT2D eigenvalue weighted by Gasteiger charge is 2.32. The van der Waals surface area contributed by atoms with Gasteiger partial charge in [0, 0.05) is 21.9 Å². The van der Waals surface area contributed by atoms with Gasteiger partial charge in [0.25, 0.3) is 0 Å². The monoisotopic (exact) mass is 340 g/mol. The third-order valence-corrected chi connectivity index (χ3v) is 4.37. The molecule has 24 heavy (non-hydrogen) atoms. The standard InChI is InChI=1S/C19H17ClN2O2/c1-11-5-3-4-6-15(11)17-16(12(2)21-19(24)22-17)18(23)13-7-9-14(20)10-8-13/h3-10,17H,1-2H3,(H2,21,22,24). The number of ketones is 1. The number of hydrogen-bond acceptors (Lipinski definition) is 2. The normalized spacial score (nSPS) is 17.3. The zero-order valence-electron chi connectivity index (χ0n) is 13.4. The Bertz CT molecular complexity index is 841. The first kappa shape index (κ1) is 16.3. The van der Waals surface area contributed by atoms with Crippen molar-refractivity contribution in [3.8, 4) is 0 Å². The molecule has 122 valence electrons. The van der Waals surface area contributed by atoms with Crippen LogP contribution in [0.25, 0.3) is 0 Å². The van der Waals surface area contributed by atoms with Gasteiger partial charge in [-0.25, -0.2) is 4.79 Å². The summed E-state index contributed by atoms with van der Waals surface area (Å²) in [6, 6.07) is 13.7. The highest BCUT2D eigenvalue weighted by molar-refractivity contribution is 6.30. The quantitative estimate of drug-likeness (QED) is 0.824. The van der Waals surface area contributed by atoms with Crippen molar-refractivity contribution in [2.24, 2.45) is 0 Å². The summed E-state index contributed by atoms with van der Waals surface area (Å²) in [7, 11) is 0. The zero-order chi connectivity index (χ0) is 17.3. The summed E-state index contributed by atoms with van der Waals surface area (Å²) < 4.78 is 0. The van der Waals surface area contributed by atoms with Crippen LogP contribution in [0.15, 0.2) is 59.8 Å². The van der Waals surface area contributed by atoms with Crippen molar-refractivity contribution in [1.29, 1.82) is 0 Å². The van der Waals surface area contributed by atoms with E-state index in [4.69, 9.17) is 11.6 Å². The van der Waals surface area contributed by atoms with E-state index >= 15 is 0 Å². The van der Waals surface area contributed by atoms with Crippen LogP contribution in [-0.4, -0.2) is 11.8 Å². The van der Waals surface area contributed by atoms with Crippen LogP contribution < -0.4 is 10.6 Å². The summed E-state index contributed by atoms with van der Waals surface area (Å²) in [5.41, 5.74) is 3.55. The van der Waals surface area contributed by atoms with Gasteiger partial charge >= 0.3 is 6.03 Å². The second-order valence-electron chi connectivity index (χ2n) is 5.76. The summed E-state index contributed by atoms with van der Waals surface area (Å²) in [4.78, 5) is 25.0. The van der Waals surface area contributed by atoms with Gasteiger partial charge in [0.2, 0.25) is 0 Å². The van der Waals surface area contributed by atoms with E-state index in [1.54, 1.807) is 31.2 Å². The fourth-order valence-corrected chi connectivity index (χ4v) is 3.02. The van der Waals surface area contributed by atoms with Crippen molar-refractivity contribution >= 4 is 23.4 Å². The molecule has 1 aliphatic heterocycles. The first-order chi connectivity index (χ1) is 11.5. The Hall–Kier alpha value is -2.59. The van der Waals surface area contributed by atoms with Crippen molar-refractivity contribution in [2.75, 3.05) is 0 Å². The fourth-order valence-electron chi connectivity index (χ4n) is 2.90. The van der Waals surface area contributed by atoms with Crippen LogP contribution in [0.2, 0.25) is 5.02 Å². The van der Waals surface area contributed by atoms with Crippen molar-refractivity contribution in [1.82, 2.24) is 10.6 Å². The van der Waals surface area contributed by atoms with Crippen LogP contribution in [0.5, 0.6) is 0 Å². The molecule has 0 radical (unpaired) electrons. The third-order valence-electron chi connectivity index (χ3n) is 4.12. The number of rotatable bonds is 3. The molecule has 3 rings (SSSR count). The van der Waals surface area contributed by atoms with Crippen LogP contribution in [0.3, 0.4) is 0 Å². The number of halogens is 1. The molecule has 1 heterocycles. The Kier molecular flexibility index (Phi) is 4.40. The highest BCUT2D eigenvalue weighted by atomic mass is 35.5. The smallest absolute Gasteiger partial charge is 0.319 e. The van der Waals surface area contributed by atoms with Crippen molar-refractivity contribution in [3.63, 3.8) is 0 Å². The van der Waals surface area contributed by atoms with E-state index in [-0.39, 0.29) is 11.8 Å². The molecule has 2 N–H and O–H groups in total. The van der Waals surface area contributed by atoms with Gasteiger partial charge < -0.3 is 10.6 Å². The highest BCUT2D eigenvalue weighted by Crippen LogP contribution is 2.31. The fraction of sp³-hybridized carbons (Fsp3) is 0.158. The number of aryl methyl sites for hydroxylation is 1. The van der Waals surface area contributed by atoms with Gasteiger partial charge in [-0.15, -0.1) is 0 Å². The summed E-state index contributed by atoms with van der Waals surface area (Å²) >= 11 is 5.90. The second kappa shape index (κ2) is 6.49. The lowest BCUT2D eigenvalue weighted by Crippen LogP contribution is -2.45. The van der Waals surface area contributed by atoms with E-state index in [0.29, 0.717) is 21.9 Å². The van der Waals surface area contributed by atoms with E-state index in [1.165, 1.54) is 0 Å². The number of carbonyl (C=O) groups is 2. The topological polar surface area (TPSA) is 58.2 Å². The number of nitrogens with one attached hydrogen (secondary N) is 2. The molecule has 0 saturated carbocycles. The first-order valence-corrected chi connectivity index (χ1v) is 7.99. The molecule has 0 aliphatic carbocycles. The Balaban J connectivity index is 2.09. The Morgan fingerprint density at radius 3 is 2.38 bits per heavy atom. The molecule has 0 bridgehead atoms. The van der Waals surface area contributed by atoms with E-state index in [9.17, 15) is 9.59 Å². The Morgan fingerprint density at radius 1 is 1.04 bits per heavy atom. The minimum absolute atomic E-state index is 0.134. The van der Waals surface area contributed by atoms with Gasteiger partial charge in [0.1, 0.15) is 0 Å². The molecule has 2 aromatic carbocycles. The number of carbonyl (C=O) groups excluding carboxylic acids is 2. The molecular weight excluding hydrogens is 324 g/mol. The number of benzene rings is 2. The lowest BCUT2D eigenvalue weighted by Gasteiger charge is -2.29. The van der Waals surface area contributed by atoms with Crippen LogP contribution in [0.4, 0.5) is 4.79 Å². The minimum Gasteiger partial charge on any atom is -0.327 e. The van der Waals surface area contributed by atoms with Crippen LogP contribution >= 0.6 is 11.6 Å². The summed E-state index contributed by atoms with van der Waals surface area (Å²) in [6.45, 7) is 3.70. The maximum absolute atomic E-state index is 13.0. The van der Waals surface area contributed by atoms with Gasteiger partial charge in [0.15, 0.2) is 5.78 Å². The molecular formula is C19H17ClN2O2. The molecule has 2 amide bonds. The van der Waals surface area contributed by atoms with Gasteiger partial charge in [-0.3, -0.25) is 4.79 Å². The molecule has 5 heteroatoms. The molecule has 1 unspecified atom stereocenters. The number of Topliss-reactive ketones (excluding diaryl/α,β-unsaturated/α-hetero) is 1. The average molecular weight is 341 g/mol. The molecule has 1 aliphatic rings. The Morgan fingerprint density at radius 2 is 1.71 bits per heavy atom. The van der Waals surface area contributed by atoms with Gasteiger partial charge in [-0.1, -0.05) is 35.9 Å². The number of hydrogen-bond donors (Lipinski definition) is 2. The second-order valence-corrected chi connectivity index (χ2v) is 6.20. The van der Waals surface area contributed by atoms with Crippen molar-refractivity contribution in [2.45, 2.75) is 19.9 Å². The van der Waals surface area contributed by atoms with Crippen LogP contribution in [0, 0.1) is 6.92 Å². The maximum Gasteiger partial charge on any atom is 0.319 e. The lowest BCUT2D eigenvalue weighted by molar-refractivity contribution is 0.102. The van der Waals surface area contributed by atoms with Crippen molar-refractivity contribution < 1.29 is 9.59 Å². The molecule has 0 spiro atoms. The summed E-state index contributed by atoms with van der Waals surface area (Å²) in [5, 5.41) is 6.13. The number of urea groups is 1. The zero-order valence-corrected chi connectivity index (χ0v) is 14.1. The molecule has 4 nitrogen and oxygen atoms in total. The molecule has 0 saturated heterocycles. The van der Waals surface area contributed by atoms with Crippen LogP contribution in [-0.2, 0) is 0 Å². The maximum atomic E-state index is 13.0. The average Bonchev–Trinajstić information content (AvgIpc) is 2.55. The lowest BCUT2D eigenvalue weighted by atomic mass is 9.88.